The van der Waals surface area contributed by atoms with Gasteiger partial charge in [-0.1, -0.05) is 53.7 Å². The van der Waals surface area contributed by atoms with Gasteiger partial charge >= 0.3 is 0 Å². The van der Waals surface area contributed by atoms with E-state index in [4.69, 9.17) is 4.52 Å². The summed E-state index contributed by atoms with van der Waals surface area (Å²) in [4.78, 5) is 13.2. The number of carbonyl (C=O) groups excluding carboxylic acids is 1. The molecule has 0 aliphatic heterocycles. The van der Waals surface area contributed by atoms with Crippen molar-refractivity contribution in [2.45, 2.75) is 12.5 Å². The zero-order valence-electron chi connectivity index (χ0n) is 14.7. The normalized spacial score (nSPS) is 13.4. The summed E-state index contributed by atoms with van der Waals surface area (Å²) in [6, 6.07) is 20.9. The summed E-state index contributed by atoms with van der Waals surface area (Å²) in [5.74, 6) is 0.138. The molecular formula is C21H18N2O3S. The Bertz CT molecular complexity index is 1050. The number of fused-ring (bicyclic) bond motifs is 1. The third kappa shape index (κ3) is 3.63. The summed E-state index contributed by atoms with van der Waals surface area (Å²) >= 11 is 1.52. The second kappa shape index (κ2) is 6.98. The Hall–Kier alpha value is -2.96. The predicted molar refractivity (Wildman–Crippen MR) is 106 cm³/mol. The molecule has 6 heteroatoms. The number of aliphatic hydroxyl groups is 1. The quantitative estimate of drug-likeness (QED) is 0.546. The molecule has 2 N–H and O–H groups in total. The molecule has 0 saturated heterocycles. The molecule has 0 aliphatic carbocycles. The van der Waals surface area contributed by atoms with Gasteiger partial charge in [-0.25, -0.2) is 0 Å². The highest BCUT2D eigenvalue weighted by Gasteiger charge is 2.27. The number of hydrogen-bond donors (Lipinski definition) is 2. The van der Waals surface area contributed by atoms with Crippen LogP contribution >= 0.6 is 11.3 Å². The van der Waals surface area contributed by atoms with Gasteiger partial charge in [0.15, 0.2) is 11.5 Å². The maximum absolute atomic E-state index is 12.4. The van der Waals surface area contributed by atoms with E-state index in [0.717, 1.165) is 20.5 Å². The van der Waals surface area contributed by atoms with Crippen molar-refractivity contribution in [1.82, 2.24) is 10.5 Å². The van der Waals surface area contributed by atoms with Gasteiger partial charge in [-0.3, -0.25) is 4.79 Å². The number of benzene rings is 2. The Labute approximate surface area is 160 Å². The van der Waals surface area contributed by atoms with Crippen molar-refractivity contribution >= 4 is 27.3 Å². The van der Waals surface area contributed by atoms with Crippen LogP contribution in [-0.2, 0) is 5.60 Å². The van der Waals surface area contributed by atoms with Crippen LogP contribution in [0.15, 0.2) is 71.3 Å². The average molecular weight is 378 g/mol. The Kier molecular flexibility index (Phi) is 4.51. The van der Waals surface area contributed by atoms with Gasteiger partial charge in [0, 0.05) is 21.2 Å². The lowest BCUT2D eigenvalue weighted by Gasteiger charge is -2.21. The molecule has 0 radical (unpaired) electrons. The SMILES string of the molecule is CC(O)(CNC(=O)c1cc(-c2ccccc2)on1)c1cc2ccccc2s1. The molecule has 2 aromatic carbocycles. The molecule has 1 atom stereocenters. The van der Waals surface area contributed by atoms with Gasteiger partial charge in [-0.05, 0) is 24.4 Å². The van der Waals surface area contributed by atoms with Gasteiger partial charge in [0.05, 0.1) is 6.54 Å². The van der Waals surface area contributed by atoms with E-state index in [1.54, 1.807) is 13.0 Å². The van der Waals surface area contributed by atoms with Crippen molar-refractivity contribution in [3.8, 4) is 11.3 Å². The van der Waals surface area contributed by atoms with Gasteiger partial charge in [-0.2, -0.15) is 0 Å². The van der Waals surface area contributed by atoms with Crippen molar-refractivity contribution < 1.29 is 14.4 Å². The van der Waals surface area contributed by atoms with Crippen LogP contribution in [-0.4, -0.2) is 22.7 Å². The summed E-state index contributed by atoms with van der Waals surface area (Å²) in [7, 11) is 0. The lowest BCUT2D eigenvalue weighted by Crippen LogP contribution is -2.38. The van der Waals surface area contributed by atoms with Crippen LogP contribution < -0.4 is 5.32 Å². The fourth-order valence-corrected chi connectivity index (χ4v) is 3.90. The maximum atomic E-state index is 12.4. The molecule has 4 rings (SSSR count). The first-order chi connectivity index (χ1) is 13.0. The third-order valence-corrected chi connectivity index (χ3v) is 5.72. The molecule has 0 bridgehead atoms. The van der Waals surface area contributed by atoms with E-state index in [1.807, 2.05) is 60.7 Å². The van der Waals surface area contributed by atoms with E-state index in [0.29, 0.717) is 5.76 Å². The minimum absolute atomic E-state index is 0.0756. The summed E-state index contributed by atoms with van der Waals surface area (Å²) < 4.78 is 6.36. The number of carbonyl (C=O) groups is 1. The van der Waals surface area contributed by atoms with E-state index >= 15 is 0 Å². The first kappa shape index (κ1) is 17.5. The number of hydrogen-bond acceptors (Lipinski definition) is 5. The highest BCUT2D eigenvalue weighted by Crippen LogP contribution is 2.32. The van der Waals surface area contributed by atoms with E-state index in [9.17, 15) is 9.90 Å². The first-order valence-electron chi connectivity index (χ1n) is 8.55. The highest BCUT2D eigenvalue weighted by molar-refractivity contribution is 7.19. The number of nitrogens with one attached hydrogen (secondary N) is 1. The van der Waals surface area contributed by atoms with Crippen molar-refractivity contribution in [1.29, 1.82) is 0 Å². The Morgan fingerprint density at radius 3 is 2.67 bits per heavy atom. The Balaban J connectivity index is 1.46. The molecule has 27 heavy (non-hydrogen) atoms. The van der Waals surface area contributed by atoms with Crippen LogP contribution in [0.5, 0.6) is 0 Å². The third-order valence-electron chi connectivity index (χ3n) is 4.35. The molecule has 0 spiro atoms. The van der Waals surface area contributed by atoms with E-state index in [1.165, 1.54) is 11.3 Å². The minimum Gasteiger partial charge on any atom is -0.383 e. The lowest BCUT2D eigenvalue weighted by atomic mass is 10.0. The van der Waals surface area contributed by atoms with Gasteiger partial charge in [0.25, 0.3) is 5.91 Å². The fourth-order valence-electron chi connectivity index (χ4n) is 2.80. The van der Waals surface area contributed by atoms with Gasteiger partial charge in [0.2, 0.25) is 0 Å². The van der Waals surface area contributed by atoms with Crippen LogP contribution in [0.3, 0.4) is 0 Å². The van der Waals surface area contributed by atoms with Crippen LogP contribution in [0.2, 0.25) is 0 Å². The molecule has 0 fully saturated rings. The predicted octanol–water partition coefficient (Wildman–Crippen LogP) is 4.19. The molecule has 1 amide bonds. The zero-order chi connectivity index (χ0) is 18.9. The summed E-state index contributed by atoms with van der Waals surface area (Å²) in [6.07, 6.45) is 0. The molecule has 2 aromatic heterocycles. The smallest absolute Gasteiger partial charge is 0.273 e. The second-order valence-electron chi connectivity index (χ2n) is 6.55. The molecule has 136 valence electrons. The van der Waals surface area contributed by atoms with Gasteiger partial charge in [0.1, 0.15) is 5.60 Å². The van der Waals surface area contributed by atoms with Crippen molar-refractivity contribution in [2.24, 2.45) is 0 Å². The lowest BCUT2D eigenvalue weighted by molar-refractivity contribution is 0.0554. The van der Waals surface area contributed by atoms with Crippen molar-refractivity contribution in [2.75, 3.05) is 6.54 Å². The maximum Gasteiger partial charge on any atom is 0.273 e. The molecule has 2 heterocycles. The standard InChI is InChI=1S/C21H18N2O3S/c1-21(25,19-11-15-9-5-6-10-18(15)27-19)13-22-20(24)16-12-17(26-23-16)14-7-3-2-4-8-14/h2-12,25H,13H2,1H3,(H,22,24). The molecule has 0 saturated carbocycles. The van der Waals surface area contributed by atoms with Gasteiger partial charge < -0.3 is 14.9 Å². The van der Waals surface area contributed by atoms with E-state index < -0.39 is 5.60 Å². The van der Waals surface area contributed by atoms with Crippen molar-refractivity contribution in [3.63, 3.8) is 0 Å². The minimum atomic E-state index is -1.18. The fraction of sp³-hybridized carbons (Fsp3) is 0.143. The van der Waals surface area contributed by atoms with Crippen LogP contribution in [0.25, 0.3) is 21.4 Å². The number of thiophene rings is 1. The molecule has 0 aliphatic rings. The van der Waals surface area contributed by atoms with Gasteiger partial charge in [-0.15, -0.1) is 11.3 Å². The zero-order valence-corrected chi connectivity index (χ0v) is 15.5. The monoisotopic (exact) mass is 378 g/mol. The number of nitrogens with zero attached hydrogens (tertiary/aromatic N) is 1. The van der Waals surface area contributed by atoms with Crippen LogP contribution in [0.1, 0.15) is 22.3 Å². The Morgan fingerprint density at radius 1 is 1.15 bits per heavy atom. The highest BCUT2D eigenvalue weighted by atomic mass is 32.1. The first-order valence-corrected chi connectivity index (χ1v) is 9.36. The topological polar surface area (TPSA) is 75.4 Å². The number of rotatable bonds is 5. The molecule has 1 unspecified atom stereocenters. The second-order valence-corrected chi connectivity index (χ2v) is 7.63. The summed E-state index contributed by atoms with van der Waals surface area (Å²) in [6.45, 7) is 1.77. The Morgan fingerprint density at radius 2 is 1.89 bits per heavy atom. The molecule has 5 nitrogen and oxygen atoms in total. The largest absolute Gasteiger partial charge is 0.383 e. The number of aromatic nitrogens is 1. The molecular weight excluding hydrogens is 360 g/mol. The van der Waals surface area contributed by atoms with Crippen LogP contribution in [0.4, 0.5) is 0 Å². The van der Waals surface area contributed by atoms with E-state index in [-0.39, 0.29) is 18.1 Å². The van der Waals surface area contributed by atoms with E-state index in [2.05, 4.69) is 10.5 Å². The summed E-state index contributed by atoms with van der Waals surface area (Å²) in [5, 5.41) is 18.5. The number of amides is 1. The summed E-state index contributed by atoms with van der Waals surface area (Å²) in [5.41, 5.74) is -0.145. The molecule has 4 aromatic rings. The van der Waals surface area contributed by atoms with Crippen LogP contribution in [0, 0.1) is 0 Å². The average Bonchev–Trinajstić information content (AvgIpc) is 3.34. The van der Waals surface area contributed by atoms with Crippen molar-refractivity contribution in [3.05, 3.63) is 77.3 Å².